The van der Waals surface area contributed by atoms with Crippen molar-refractivity contribution in [3.63, 3.8) is 0 Å². The van der Waals surface area contributed by atoms with Gasteiger partial charge >= 0.3 is 0 Å². The summed E-state index contributed by atoms with van der Waals surface area (Å²) in [4.78, 5) is 1.48. The van der Waals surface area contributed by atoms with Gasteiger partial charge in [-0.05, 0) is 47.2 Å². The number of rotatable bonds is 8. The van der Waals surface area contributed by atoms with E-state index in [-0.39, 0.29) is 0 Å². The van der Waals surface area contributed by atoms with Crippen molar-refractivity contribution in [2.45, 2.75) is 89.2 Å². The Balaban J connectivity index is 2.94. The van der Waals surface area contributed by atoms with E-state index in [1.165, 1.54) is 29.7 Å². The fraction of sp³-hybridized carbons (Fsp3) is 0.684. The second-order valence-electron chi connectivity index (χ2n) is 7.17. The van der Waals surface area contributed by atoms with Crippen molar-refractivity contribution < 1.29 is 0 Å². The molecule has 2 heteroatoms. The summed E-state index contributed by atoms with van der Waals surface area (Å²) in [5.41, 5.74) is 3.92. The molecule has 0 heterocycles. The summed E-state index contributed by atoms with van der Waals surface area (Å²) in [6.45, 7) is 16.9. The molecule has 0 amide bonds. The molecule has 1 rings (SSSR count). The zero-order valence-electron chi connectivity index (χ0n) is 15.1. The van der Waals surface area contributed by atoms with Crippen molar-refractivity contribution in [2.75, 3.05) is 0 Å². The van der Waals surface area contributed by atoms with Gasteiger partial charge in [-0.25, -0.2) is 0 Å². The van der Waals surface area contributed by atoms with E-state index in [0.29, 0.717) is 0 Å². The third kappa shape index (κ3) is 4.63. The van der Waals surface area contributed by atoms with Crippen molar-refractivity contribution in [2.24, 2.45) is 0 Å². The molecule has 120 valence electrons. The van der Waals surface area contributed by atoms with Crippen LogP contribution in [0.25, 0.3) is 0 Å². The van der Waals surface area contributed by atoms with Crippen molar-refractivity contribution in [3.05, 3.63) is 29.8 Å². The molecular formula is C19H34SSi. The van der Waals surface area contributed by atoms with Gasteiger partial charge in [-0.3, -0.25) is 0 Å². The highest BCUT2D eigenvalue weighted by Crippen LogP contribution is 2.51. The third-order valence-corrected chi connectivity index (χ3v) is 17.0. The zero-order valence-corrected chi connectivity index (χ0v) is 16.9. The molecule has 0 aliphatic carbocycles. The predicted molar refractivity (Wildman–Crippen MR) is 102 cm³/mol. The molecule has 0 nitrogen and oxygen atoms in total. The summed E-state index contributed by atoms with van der Waals surface area (Å²) >= 11 is 2.23. The van der Waals surface area contributed by atoms with E-state index in [4.69, 9.17) is 0 Å². The molecule has 0 aliphatic heterocycles. The minimum atomic E-state index is -1.39. The molecule has 1 aromatic carbocycles. The molecule has 0 N–H and O–H groups in total. The van der Waals surface area contributed by atoms with Gasteiger partial charge in [0.05, 0.1) is 0 Å². The summed E-state index contributed by atoms with van der Waals surface area (Å²) in [6, 6.07) is 9.42. The van der Waals surface area contributed by atoms with Gasteiger partial charge in [-0.15, -0.1) is 0 Å². The number of hydrogen-bond donors (Lipinski definition) is 0. The van der Waals surface area contributed by atoms with Crippen LogP contribution < -0.4 is 0 Å². The van der Waals surface area contributed by atoms with Crippen LogP contribution >= 0.6 is 11.2 Å². The van der Waals surface area contributed by atoms with Gasteiger partial charge < -0.3 is 0 Å². The minimum Gasteiger partial charge on any atom is -0.150 e. The first-order valence-corrected chi connectivity index (χ1v) is 12.4. The molecule has 0 saturated carbocycles. The Morgan fingerprint density at radius 3 is 1.71 bits per heavy atom. The normalized spacial score (nSPS) is 12.7. The van der Waals surface area contributed by atoms with Crippen LogP contribution in [0.15, 0.2) is 29.2 Å². The molecule has 0 fully saturated rings. The Bertz CT molecular complexity index is 384. The Morgan fingerprint density at radius 1 is 0.857 bits per heavy atom. The van der Waals surface area contributed by atoms with Crippen LogP contribution in [0.3, 0.4) is 0 Å². The van der Waals surface area contributed by atoms with Gasteiger partial charge in [0.1, 0.15) is 7.22 Å². The first-order chi connectivity index (χ1) is 9.84. The quantitative estimate of drug-likeness (QED) is 0.452. The largest absolute Gasteiger partial charge is 0.150 e. The van der Waals surface area contributed by atoms with E-state index in [9.17, 15) is 0 Å². The molecule has 0 unspecified atom stereocenters. The topological polar surface area (TPSA) is 0 Å². The zero-order chi connectivity index (χ0) is 16.0. The number of unbranched alkanes of at least 4 members (excludes halogenated alkanes) is 1. The molecule has 0 aliphatic rings. The molecular weight excluding hydrogens is 288 g/mol. The molecule has 0 radical (unpaired) electrons. The van der Waals surface area contributed by atoms with E-state index in [2.05, 4.69) is 83.9 Å². The van der Waals surface area contributed by atoms with E-state index < -0.39 is 7.22 Å². The van der Waals surface area contributed by atoms with Gasteiger partial charge in [0.15, 0.2) is 0 Å². The second-order valence-corrected chi connectivity index (χ2v) is 15.7. The highest BCUT2D eigenvalue weighted by molar-refractivity contribution is 8.29. The maximum Gasteiger partial charge on any atom is 0.131 e. The fourth-order valence-corrected chi connectivity index (χ4v) is 12.8. The number of benzene rings is 1. The highest BCUT2D eigenvalue weighted by Gasteiger charge is 2.43. The monoisotopic (exact) mass is 322 g/mol. The lowest BCUT2D eigenvalue weighted by Gasteiger charge is -2.42. The summed E-state index contributed by atoms with van der Waals surface area (Å²) in [6.07, 6.45) is 3.80. The molecule has 0 saturated heterocycles. The standard InChI is InChI=1S/C19H34SSi/c1-8-9-10-18-11-13-19(14-12-18)20-21(15(2)3,16(4)5)17(6)7/h11-17H,8-10H2,1-7H3. The first kappa shape index (κ1) is 18.8. The van der Waals surface area contributed by atoms with Gasteiger partial charge in [0.25, 0.3) is 0 Å². The fourth-order valence-electron chi connectivity index (χ4n) is 3.66. The Hall–Kier alpha value is -0.213. The summed E-state index contributed by atoms with van der Waals surface area (Å²) in [7, 11) is -1.39. The van der Waals surface area contributed by atoms with E-state index >= 15 is 0 Å². The molecule has 0 bridgehead atoms. The number of aryl methyl sites for hydroxylation is 1. The Morgan fingerprint density at radius 2 is 1.33 bits per heavy atom. The van der Waals surface area contributed by atoms with Crippen molar-refractivity contribution in [1.29, 1.82) is 0 Å². The third-order valence-electron chi connectivity index (χ3n) is 4.74. The van der Waals surface area contributed by atoms with Crippen molar-refractivity contribution >= 4 is 18.4 Å². The molecule has 0 atom stereocenters. The Kier molecular flexibility index (Phi) is 7.56. The van der Waals surface area contributed by atoms with E-state index in [1.807, 2.05) is 0 Å². The lowest BCUT2D eigenvalue weighted by Crippen LogP contribution is -2.40. The predicted octanol–water partition coefficient (Wildman–Crippen LogP) is 7.30. The van der Waals surface area contributed by atoms with Crippen LogP contribution in [0.2, 0.25) is 16.6 Å². The van der Waals surface area contributed by atoms with Crippen LogP contribution in [-0.2, 0) is 6.42 Å². The Labute approximate surface area is 137 Å². The summed E-state index contributed by atoms with van der Waals surface area (Å²) < 4.78 is 0. The van der Waals surface area contributed by atoms with E-state index in [0.717, 1.165) is 16.6 Å². The van der Waals surface area contributed by atoms with Crippen LogP contribution in [0, 0.1) is 0 Å². The minimum absolute atomic E-state index is 0.808. The van der Waals surface area contributed by atoms with Gasteiger partial charge in [-0.2, -0.15) is 11.2 Å². The van der Waals surface area contributed by atoms with Crippen LogP contribution in [-0.4, -0.2) is 7.22 Å². The molecule has 21 heavy (non-hydrogen) atoms. The van der Waals surface area contributed by atoms with Crippen LogP contribution in [0.4, 0.5) is 0 Å². The lowest BCUT2D eigenvalue weighted by molar-refractivity contribution is 0.794. The maximum atomic E-state index is 2.44. The molecule has 1 aromatic rings. The number of hydrogen-bond acceptors (Lipinski definition) is 1. The lowest BCUT2D eigenvalue weighted by atomic mass is 10.1. The van der Waals surface area contributed by atoms with E-state index in [1.54, 1.807) is 0 Å². The smallest absolute Gasteiger partial charge is 0.131 e. The average Bonchev–Trinajstić information content (AvgIpc) is 2.42. The van der Waals surface area contributed by atoms with Crippen LogP contribution in [0.5, 0.6) is 0 Å². The van der Waals surface area contributed by atoms with Gasteiger partial charge in [-0.1, -0.05) is 67.0 Å². The van der Waals surface area contributed by atoms with Gasteiger partial charge in [0, 0.05) is 4.90 Å². The van der Waals surface area contributed by atoms with Gasteiger partial charge in [0.2, 0.25) is 0 Å². The first-order valence-electron chi connectivity index (χ1n) is 8.62. The van der Waals surface area contributed by atoms with Crippen LogP contribution in [0.1, 0.15) is 66.9 Å². The SMILES string of the molecule is CCCCc1ccc(S[Si](C(C)C)(C(C)C)C(C)C)cc1. The summed E-state index contributed by atoms with van der Waals surface area (Å²) in [5.74, 6) is 0. The maximum absolute atomic E-state index is 2.44. The van der Waals surface area contributed by atoms with Crippen molar-refractivity contribution in [3.8, 4) is 0 Å². The summed E-state index contributed by atoms with van der Waals surface area (Å²) in [5, 5.41) is 0. The highest BCUT2D eigenvalue weighted by atomic mass is 32.4. The molecule has 0 aromatic heterocycles. The second kappa shape index (κ2) is 8.43. The molecule has 0 spiro atoms. The van der Waals surface area contributed by atoms with Crippen molar-refractivity contribution in [1.82, 2.24) is 0 Å². The average molecular weight is 323 g/mol.